The van der Waals surface area contributed by atoms with E-state index in [1.807, 2.05) is 13.8 Å². The normalized spacial score (nSPS) is 21.1. The molecule has 3 atom stereocenters. The molecule has 2 unspecified atom stereocenters. The molecular formula is C21H27N3O7S. The van der Waals surface area contributed by atoms with Gasteiger partial charge in [-0.25, -0.2) is 4.79 Å². The molecule has 1 fully saturated rings. The molecular weight excluding hydrogens is 438 g/mol. The van der Waals surface area contributed by atoms with Crippen LogP contribution < -0.4 is 15.3 Å². The molecule has 10 nitrogen and oxygen atoms in total. The van der Waals surface area contributed by atoms with Gasteiger partial charge in [0, 0.05) is 10.6 Å². The lowest BCUT2D eigenvalue weighted by molar-refractivity contribution is -0.146. The predicted octanol–water partition coefficient (Wildman–Crippen LogP) is 2.32. The van der Waals surface area contributed by atoms with Gasteiger partial charge in [-0.2, -0.15) is 5.06 Å². The van der Waals surface area contributed by atoms with Gasteiger partial charge in [-0.05, 0) is 31.0 Å². The van der Waals surface area contributed by atoms with Crippen molar-refractivity contribution in [2.75, 3.05) is 29.7 Å². The minimum atomic E-state index is -0.617. The molecule has 1 aromatic rings. The van der Waals surface area contributed by atoms with E-state index in [-0.39, 0.29) is 31.5 Å². The van der Waals surface area contributed by atoms with Crippen LogP contribution in [-0.2, 0) is 23.9 Å². The van der Waals surface area contributed by atoms with Crippen LogP contribution in [0.2, 0.25) is 0 Å². The van der Waals surface area contributed by atoms with Crippen molar-refractivity contribution in [1.82, 2.24) is 5.32 Å². The summed E-state index contributed by atoms with van der Waals surface area (Å²) in [6, 6.07) is 4.96. The van der Waals surface area contributed by atoms with E-state index in [2.05, 4.69) is 5.32 Å². The van der Waals surface area contributed by atoms with Crippen molar-refractivity contribution in [2.45, 2.75) is 49.9 Å². The molecule has 0 spiro atoms. The van der Waals surface area contributed by atoms with E-state index < -0.39 is 35.7 Å². The molecule has 2 aliphatic heterocycles. The van der Waals surface area contributed by atoms with E-state index in [0.29, 0.717) is 21.3 Å². The van der Waals surface area contributed by atoms with Crippen LogP contribution in [0, 0.1) is 5.92 Å². The van der Waals surface area contributed by atoms with Crippen LogP contribution in [0.1, 0.15) is 33.6 Å². The predicted molar refractivity (Wildman–Crippen MR) is 117 cm³/mol. The minimum absolute atomic E-state index is 0.0647. The molecule has 174 valence electrons. The van der Waals surface area contributed by atoms with Crippen molar-refractivity contribution in [3.63, 3.8) is 0 Å². The van der Waals surface area contributed by atoms with Gasteiger partial charge in [-0.3, -0.25) is 24.5 Å². The zero-order valence-electron chi connectivity index (χ0n) is 18.2. The lowest BCUT2D eigenvalue weighted by Gasteiger charge is -2.32. The first-order valence-electron chi connectivity index (χ1n) is 10.5. The summed E-state index contributed by atoms with van der Waals surface area (Å²) < 4.78 is 10.1. The number of nitrogens with one attached hydrogen (secondary N) is 1. The highest BCUT2D eigenvalue weighted by Gasteiger charge is 2.38. The number of carbonyl (C=O) groups is 4. The summed E-state index contributed by atoms with van der Waals surface area (Å²) in [6.45, 7) is 6.06. The highest BCUT2D eigenvalue weighted by Crippen LogP contribution is 2.43. The van der Waals surface area contributed by atoms with Gasteiger partial charge in [0.05, 0.1) is 30.6 Å². The van der Waals surface area contributed by atoms with Gasteiger partial charge < -0.3 is 14.8 Å². The molecule has 0 aliphatic carbocycles. The third-order valence-electron chi connectivity index (χ3n) is 5.36. The quantitative estimate of drug-likeness (QED) is 0.340. The monoisotopic (exact) mass is 465 g/mol. The maximum absolute atomic E-state index is 12.5. The smallest absolute Gasteiger partial charge is 0.414 e. The summed E-state index contributed by atoms with van der Waals surface area (Å²) in [5.74, 6) is -1.41. The van der Waals surface area contributed by atoms with Crippen molar-refractivity contribution in [1.29, 1.82) is 0 Å². The SMILES string of the molecule is CCOC(=O)CC(=O)NC[C@H]1CN(c2ccc3c(c2)SC(C(C)CC)C(=O)N3O)C(=O)O1. The van der Waals surface area contributed by atoms with Crippen LogP contribution in [0.15, 0.2) is 23.1 Å². The van der Waals surface area contributed by atoms with Gasteiger partial charge in [0.1, 0.15) is 12.5 Å². The summed E-state index contributed by atoms with van der Waals surface area (Å²) in [6.07, 6.45) is -0.755. The second-order valence-corrected chi connectivity index (χ2v) is 8.81. The number of ether oxygens (including phenoxy) is 2. The van der Waals surface area contributed by atoms with Gasteiger partial charge in [-0.1, -0.05) is 20.3 Å². The van der Waals surface area contributed by atoms with Gasteiger partial charge in [-0.15, -0.1) is 11.8 Å². The number of fused-ring (bicyclic) bond motifs is 1. The fraction of sp³-hybridized carbons (Fsp3) is 0.524. The maximum Gasteiger partial charge on any atom is 0.414 e. The number of hydroxylamine groups is 1. The van der Waals surface area contributed by atoms with E-state index in [4.69, 9.17) is 9.47 Å². The van der Waals surface area contributed by atoms with Gasteiger partial charge in [0.25, 0.3) is 5.91 Å². The van der Waals surface area contributed by atoms with Crippen LogP contribution >= 0.6 is 11.8 Å². The Labute approximate surface area is 190 Å². The van der Waals surface area contributed by atoms with Gasteiger partial charge in [0.15, 0.2) is 0 Å². The van der Waals surface area contributed by atoms with Crippen molar-refractivity contribution in [3.05, 3.63) is 18.2 Å². The summed E-state index contributed by atoms with van der Waals surface area (Å²) >= 11 is 1.37. The number of hydrogen-bond acceptors (Lipinski definition) is 8. The number of nitrogens with zero attached hydrogens (tertiary/aromatic N) is 2. The van der Waals surface area contributed by atoms with Crippen molar-refractivity contribution in [3.8, 4) is 0 Å². The third-order valence-corrected chi connectivity index (χ3v) is 6.86. The Morgan fingerprint density at radius 1 is 1.34 bits per heavy atom. The lowest BCUT2D eigenvalue weighted by atomic mass is 10.0. The highest BCUT2D eigenvalue weighted by molar-refractivity contribution is 8.01. The summed E-state index contributed by atoms with van der Waals surface area (Å²) in [4.78, 5) is 50.2. The van der Waals surface area contributed by atoms with Crippen LogP contribution in [0.25, 0.3) is 0 Å². The maximum atomic E-state index is 12.5. The molecule has 32 heavy (non-hydrogen) atoms. The molecule has 2 heterocycles. The fourth-order valence-corrected chi connectivity index (χ4v) is 4.78. The van der Waals surface area contributed by atoms with Crippen molar-refractivity contribution < 1.29 is 33.9 Å². The Kier molecular flexibility index (Phi) is 7.62. The van der Waals surface area contributed by atoms with Crippen LogP contribution in [-0.4, -0.2) is 60.1 Å². The van der Waals surface area contributed by atoms with Crippen LogP contribution in [0.5, 0.6) is 0 Å². The standard InChI is InChI=1S/C21H27N3O7S/c1-4-12(3)19-20(27)24(29)15-7-6-13(8-16(15)32-19)23-11-14(31-21(23)28)10-22-17(25)9-18(26)30-5-2/h6-8,12,14,19,29H,4-5,9-11H2,1-3H3,(H,22,25)/t12?,14-,19?/m0/s1. The number of thioether (sulfide) groups is 1. The topological polar surface area (TPSA) is 125 Å². The van der Waals surface area contributed by atoms with Crippen molar-refractivity contribution >= 4 is 47.0 Å². The molecule has 2 N–H and O–H groups in total. The second kappa shape index (κ2) is 10.2. The Hall–Kier alpha value is -2.79. The Bertz CT molecular complexity index is 909. The summed E-state index contributed by atoms with van der Waals surface area (Å²) in [5.41, 5.74) is 0.936. The number of cyclic esters (lactones) is 1. The fourth-order valence-electron chi connectivity index (χ4n) is 3.41. The van der Waals surface area contributed by atoms with E-state index in [0.717, 1.165) is 6.42 Å². The van der Waals surface area contributed by atoms with E-state index in [1.165, 1.54) is 16.7 Å². The van der Waals surface area contributed by atoms with Crippen molar-refractivity contribution in [2.24, 2.45) is 5.92 Å². The molecule has 0 aromatic heterocycles. The first kappa shape index (κ1) is 23.9. The van der Waals surface area contributed by atoms with E-state index in [9.17, 15) is 24.4 Å². The molecule has 3 amide bonds. The molecule has 11 heteroatoms. The molecule has 0 bridgehead atoms. The van der Waals surface area contributed by atoms with Crippen LogP contribution in [0.4, 0.5) is 16.2 Å². The molecule has 1 saturated heterocycles. The van der Waals surface area contributed by atoms with Crippen LogP contribution in [0.3, 0.4) is 0 Å². The zero-order valence-corrected chi connectivity index (χ0v) is 19.0. The number of anilines is 2. The number of amides is 3. The molecule has 0 radical (unpaired) electrons. The largest absolute Gasteiger partial charge is 0.466 e. The Morgan fingerprint density at radius 2 is 2.09 bits per heavy atom. The third kappa shape index (κ3) is 5.16. The molecule has 0 saturated carbocycles. The average molecular weight is 466 g/mol. The first-order chi connectivity index (χ1) is 15.2. The number of esters is 1. The number of carbonyl (C=O) groups excluding carboxylic acids is 4. The van der Waals surface area contributed by atoms with Gasteiger partial charge >= 0.3 is 12.1 Å². The Balaban J connectivity index is 1.65. The Morgan fingerprint density at radius 3 is 2.78 bits per heavy atom. The number of rotatable bonds is 8. The van der Waals surface area contributed by atoms with E-state index >= 15 is 0 Å². The first-order valence-corrected chi connectivity index (χ1v) is 11.4. The molecule has 2 aliphatic rings. The van der Waals surface area contributed by atoms with E-state index in [1.54, 1.807) is 25.1 Å². The second-order valence-electron chi connectivity index (χ2n) is 7.63. The molecule has 1 aromatic carbocycles. The average Bonchev–Trinajstić information content (AvgIpc) is 3.14. The summed E-state index contributed by atoms with van der Waals surface area (Å²) in [7, 11) is 0. The highest BCUT2D eigenvalue weighted by atomic mass is 32.2. The van der Waals surface area contributed by atoms with Gasteiger partial charge in [0.2, 0.25) is 5.91 Å². The minimum Gasteiger partial charge on any atom is -0.466 e. The molecule has 3 rings (SSSR count). The zero-order chi connectivity index (χ0) is 23.4. The number of hydrogen-bond donors (Lipinski definition) is 2. The lowest BCUT2D eigenvalue weighted by Crippen LogP contribution is -2.41. The number of benzene rings is 1. The summed E-state index contributed by atoms with van der Waals surface area (Å²) in [5, 5.41) is 13.1.